The number of aromatic nitrogens is 3. The smallest absolute Gasteiger partial charge is 0.228 e. The van der Waals surface area contributed by atoms with Gasteiger partial charge in [0.25, 0.3) is 0 Å². The van der Waals surface area contributed by atoms with Gasteiger partial charge in [-0.2, -0.15) is 0 Å². The van der Waals surface area contributed by atoms with Gasteiger partial charge in [-0.25, -0.2) is 15.0 Å². The number of amides is 1. The molecule has 0 aliphatic rings. The number of hydrogen-bond donors (Lipinski definition) is 0. The van der Waals surface area contributed by atoms with E-state index in [4.69, 9.17) is 8.83 Å². The molecule has 0 aliphatic carbocycles. The van der Waals surface area contributed by atoms with Crippen molar-refractivity contribution < 1.29 is 13.6 Å². The van der Waals surface area contributed by atoms with Crippen molar-refractivity contribution in [3.8, 4) is 0 Å². The molecule has 0 saturated carbocycles. The molecule has 3 aromatic rings. The van der Waals surface area contributed by atoms with Crippen LogP contribution in [0.15, 0.2) is 34.1 Å². The molecule has 0 N–H and O–H groups in total. The number of rotatable bonds is 6. The molecule has 0 bridgehead atoms. The lowest BCUT2D eigenvalue weighted by Crippen LogP contribution is -2.31. The molecule has 0 aliphatic heterocycles. The molecule has 3 heterocycles. The molecule has 120 valence electrons. The van der Waals surface area contributed by atoms with Crippen molar-refractivity contribution in [3.63, 3.8) is 0 Å². The average molecular weight is 332 g/mol. The topological polar surface area (TPSA) is 85.3 Å². The molecule has 7 nitrogen and oxygen atoms in total. The minimum absolute atomic E-state index is 0.0113. The van der Waals surface area contributed by atoms with Crippen LogP contribution >= 0.6 is 11.3 Å². The fraction of sp³-hybridized carbons (Fsp3) is 0.333. The van der Waals surface area contributed by atoms with Crippen molar-refractivity contribution in [1.29, 1.82) is 0 Å². The third-order valence-corrected chi connectivity index (χ3v) is 4.41. The summed E-state index contributed by atoms with van der Waals surface area (Å²) in [6, 6.07) is 0. The first kappa shape index (κ1) is 15.4. The molecule has 1 amide bonds. The van der Waals surface area contributed by atoms with E-state index < -0.39 is 0 Å². The molecule has 0 spiro atoms. The van der Waals surface area contributed by atoms with Gasteiger partial charge in [0.1, 0.15) is 12.5 Å². The molecule has 0 saturated heterocycles. The Labute approximate surface area is 137 Å². The largest absolute Gasteiger partial charge is 0.451 e. The van der Waals surface area contributed by atoms with E-state index in [2.05, 4.69) is 15.0 Å². The van der Waals surface area contributed by atoms with Crippen LogP contribution in [0, 0.1) is 13.8 Å². The molecule has 0 radical (unpaired) electrons. The minimum Gasteiger partial charge on any atom is -0.451 e. The maximum absolute atomic E-state index is 12.7. The molecule has 0 unspecified atom stereocenters. The van der Waals surface area contributed by atoms with E-state index in [9.17, 15) is 4.79 Å². The fourth-order valence-electron chi connectivity index (χ4n) is 2.24. The highest BCUT2D eigenvalue weighted by Crippen LogP contribution is 2.19. The Balaban J connectivity index is 1.75. The molecule has 0 aromatic carbocycles. The number of carbonyl (C=O) groups excluding carboxylic acids is 1. The van der Waals surface area contributed by atoms with Crippen LogP contribution in [-0.2, 0) is 24.3 Å². The zero-order valence-electron chi connectivity index (χ0n) is 12.9. The predicted molar refractivity (Wildman–Crippen MR) is 82.6 cm³/mol. The number of aryl methyl sites for hydroxylation is 2. The Morgan fingerprint density at radius 3 is 2.17 bits per heavy atom. The Bertz CT molecular complexity index is 729. The summed E-state index contributed by atoms with van der Waals surface area (Å²) in [6.45, 7) is 4.58. The van der Waals surface area contributed by atoms with Gasteiger partial charge in [-0.15, -0.1) is 11.3 Å². The normalized spacial score (nSPS) is 10.9. The molecule has 3 rings (SSSR count). The van der Waals surface area contributed by atoms with Gasteiger partial charge >= 0.3 is 0 Å². The van der Waals surface area contributed by atoms with E-state index >= 15 is 0 Å². The van der Waals surface area contributed by atoms with E-state index in [0.717, 1.165) is 15.6 Å². The van der Waals surface area contributed by atoms with Crippen LogP contribution in [0.3, 0.4) is 0 Å². The summed E-state index contributed by atoms with van der Waals surface area (Å²) in [5.74, 6) is -0.0113. The Morgan fingerprint density at radius 1 is 1.13 bits per heavy atom. The minimum atomic E-state index is -0.0113. The first-order valence-corrected chi connectivity index (χ1v) is 7.88. The summed E-state index contributed by atoms with van der Waals surface area (Å²) in [6.07, 6.45) is 6.08. The van der Waals surface area contributed by atoms with Gasteiger partial charge in [-0.3, -0.25) is 4.79 Å². The van der Waals surface area contributed by atoms with Crippen LogP contribution in [-0.4, -0.2) is 25.8 Å². The second-order valence-corrected chi connectivity index (χ2v) is 6.42. The van der Waals surface area contributed by atoms with Crippen LogP contribution in [0.4, 0.5) is 0 Å². The van der Waals surface area contributed by atoms with Crippen LogP contribution in [0.2, 0.25) is 0 Å². The molecule has 23 heavy (non-hydrogen) atoms. The van der Waals surface area contributed by atoms with Crippen molar-refractivity contribution >= 4 is 17.2 Å². The molecule has 8 heteroatoms. The van der Waals surface area contributed by atoms with Crippen molar-refractivity contribution in [1.82, 2.24) is 19.9 Å². The first-order chi connectivity index (χ1) is 11.1. The second-order valence-electron chi connectivity index (χ2n) is 5.13. The van der Waals surface area contributed by atoms with Gasteiger partial charge in [0.05, 0.1) is 41.6 Å². The molecule has 3 aromatic heterocycles. The summed E-state index contributed by atoms with van der Waals surface area (Å²) >= 11 is 1.55. The Morgan fingerprint density at radius 2 is 1.74 bits per heavy atom. The molecule has 0 atom stereocenters. The summed E-state index contributed by atoms with van der Waals surface area (Å²) in [7, 11) is 0. The fourth-order valence-corrected chi connectivity index (χ4v) is 3.17. The Hall–Kier alpha value is -2.48. The summed E-state index contributed by atoms with van der Waals surface area (Å²) in [5.41, 5.74) is 2.29. The van der Waals surface area contributed by atoms with Crippen LogP contribution in [0.5, 0.6) is 0 Å². The zero-order chi connectivity index (χ0) is 16.2. The summed E-state index contributed by atoms with van der Waals surface area (Å²) in [4.78, 5) is 27.9. The van der Waals surface area contributed by atoms with Gasteiger partial charge in [0.2, 0.25) is 5.91 Å². The quantitative estimate of drug-likeness (QED) is 0.689. The standard InChI is InChI=1S/C15H16N4O3S/c1-10-14(23-11(2)18-10)3-15(20)19(4-12-6-21-8-16-12)5-13-7-22-9-17-13/h6-9H,3-5H2,1-2H3. The predicted octanol–water partition coefficient (Wildman–Crippen LogP) is 2.51. The molecular weight excluding hydrogens is 316 g/mol. The van der Waals surface area contributed by atoms with Gasteiger partial charge in [0.15, 0.2) is 12.8 Å². The number of oxazole rings is 2. The Kier molecular flexibility index (Phi) is 4.52. The summed E-state index contributed by atoms with van der Waals surface area (Å²) in [5, 5.41) is 0.963. The SMILES string of the molecule is Cc1nc(C)c(CC(=O)N(Cc2cocn2)Cc2cocn2)s1. The van der Waals surface area contributed by atoms with Gasteiger partial charge in [-0.1, -0.05) is 0 Å². The number of carbonyl (C=O) groups is 1. The van der Waals surface area contributed by atoms with E-state index in [1.54, 1.807) is 16.2 Å². The number of nitrogens with zero attached hydrogens (tertiary/aromatic N) is 4. The van der Waals surface area contributed by atoms with Crippen molar-refractivity contribution in [2.75, 3.05) is 0 Å². The van der Waals surface area contributed by atoms with E-state index in [0.29, 0.717) is 30.9 Å². The van der Waals surface area contributed by atoms with Crippen molar-refractivity contribution in [2.45, 2.75) is 33.4 Å². The van der Waals surface area contributed by atoms with E-state index in [1.165, 1.54) is 25.3 Å². The van der Waals surface area contributed by atoms with Gasteiger partial charge in [-0.05, 0) is 13.8 Å². The highest BCUT2D eigenvalue weighted by atomic mass is 32.1. The van der Waals surface area contributed by atoms with Gasteiger partial charge < -0.3 is 13.7 Å². The number of hydrogen-bond acceptors (Lipinski definition) is 7. The average Bonchev–Trinajstić information content (AvgIpc) is 3.23. The first-order valence-electron chi connectivity index (χ1n) is 7.06. The third-order valence-electron chi connectivity index (χ3n) is 3.34. The van der Waals surface area contributed by atoms with Crippen molar-refractivity contribution in [2.24, 2.45) is 0 Å². The highest BCUT2D eigenvalue weighted by Gasteiger charge is 2.19. The number of thiazole rings is 1. The van der Waals surface area contributed by atoms with E-state index in [1.807, 2.05) is 13.8 Å². The monoisotopic (exact) mass is 332 g/mol. The lowest BCUT2D eigenvalue weighted by atomic mass is 10.2. The summed E-state index contributed by atoms with van der Waals surface area (Å²) < 4.78 is 9.96. The van der Waals surface area contributed by atoms with Crippen molar-refractivity contribution in [3.05, 3.63) is 52.3 Å². The van der Waals surface area contributed by atoms with Crippen LogP contribution < -0.4 is 0 Å². The lowest BCUT2D eigenvalue weighted by Gasteiger charge is -2.20. The maximum atomic E-state index is 12.7. The lowest BCUT2D eigenvalue weighted by molar-refractivity contribution is -0.131. The maximum Gasteiger partial charge on any atom is 0.228 e. The van der Waals surface area contributed by atoms with Crippen LogP contribution in [0.1, 0.15) is 27.0 Å². The highest BCUT2D eigenvalue weighted by molar-refractivity contribution is 7.11. The molecular formula is C15H16N4O3S. The zero-order valence-corrected chi connectivity index (χ0v) is 13.7. The molecule has 0 fully saturated rings. The third kappa shape index (κ3) is 3.84. The van der Waals surface area contributed by atoms with E-state index in [-0.39, 0.29) is 5.91 Å². The van der Waals surface area contributed by atoms with Gasteiger partial charge in [0, 0.05) is 4.88 Å². The second kappa shape index (κ2) is 6.74. The van der Waals surface area contributed by atoms with Crippen LogP contribution in [0.25, 0.3) is 0 Å².